The first-order valence-corrected chi connectivity index (χ1v) is 9.38. The molecule has 0 aliphatic carbocycles. The summed E-state index contributed by atoms with van der Waals surface area (Å²) in [5.41, 5.74) is 3.88. The summed E-state index contributed by atoms with van der Waals surface area (Å²) in [4.78, 5) is 28.4. The average molecular weight is 361 g/mol. The summed E-state index contributed by atoms with van der Waals surface area (Å²) in [5, 5.41) is 1.98. The smallest absolute Gasteiger partial charge is 0.337 e. The average Bonchev–Trinajstić information content (AvgIpc) is 3.12. The summed E-state index contributed by atoms with van der Waals surface area (Å²) in [6.07, 6.45) is -0.223. The van der Waals surface area contributed by atoms with E-state index in [1.165, 1.54) is 0 Å². The van der Waals surface area contributed by atoms with Crippen molar-refractivity contribution in [1.82, 2.24) is 4.90 Å². The van der Waals surface area contributed by atoms with Crippen LogP contribution < -0.4 is 0 Å². The maximum atomic E-state index is 12.9. The van der Waals surface area contributed by atoms with E-state index in [2.05, 4.69) is 0 Å². The minimum atomic E-state index is -0.418. The normalized spacial score (nSPS) is 20.3. The van der Waals surface area contributed by atoms with E-state index in [1.54, 1.807) is 11.3 Å². The van der Waals surface area contributed by atoms with Crippen molar-refractivity contribution in [2.45, 2.75) is 46.6 Å². The lowest BCUT2D eigenvalue weighted by atomic mass is 9.83. The molecule has 3 heterocycles. The Kier molecular flexibility index (Phi) is 4.73. The molecule has 1 atom stereocenters. The fourth-order valence-corrected chi connectivity index (χ4v) is 4.57. The molecule has 25 heavy (non-hydrogen) atoms. The van der Waals surface area contributed by atoms with Crippen molar-refractivity contribution in [3.8, 4) is 0 Å². The van der Waals surface area contributed by atoms with E-state index in [4.69, 9.17) is 9.47 Å². The van der Waals surface area contributed by atoms with Gasteiger partial charge < -0.3 is 14.4 Å². The molecule has 0 saturated carbocycles. The number of nitrogens with zero attached hydrogens (tertiary/aromatic N) is 1. The van der Waals surface area contributed by atoms with E-state index in [0.29, 0.717) is 17.7 Å². The highest BCUT2D eigenvalue weighted by Crippen LogP contribution is 2.47. The first kappa shape index (κ1) is 17.7. The zero-order valence-electron chi connectivity index (χ0n) is 15.2. The van der Waals surface area contributed by atoms with Crippen LogP contribution >= 0.6 is 11.3 Å². The summed E-state index contributed by atoms with van der Waals surface area (Å²) in [5.74, 6) is -1.12. The van der Waals surface area contributed by atoms with Gasteiger partial charge in [-0.3, -0.25) is 0 Å². The summed E-state index contributed by atoms with van der Waals surface area (Å²) in [6, 6.07) is 2.01. The lowest BCUT2D eigenvalue weighted by molar-refractivity contribution is -0.143. The number of thiophene rings is 1. The van der Waals surface area contributed by atoms with Crippen molar-refractivity contribution in [2.24, 2.45) is 0 Å². The van der Waals surface area contributed by atoms with E-state index in [0.717, 1.165) is 21.8 Å². The zero-order chi connectivity index (χ0) is 18.3. The molecule has 0 N–H and O–H groups in total. The second kappa shape index (κ2) is 6.67. The molecule has 1 aromatic rings. The second-order valence-corrected chi connectivity index (χ2v) is 7.48. The van der Waals surface area contributed by atoms with Gasteiger partial charge in [-0.05, 0) is 51.6 Å². The molecule has 3 rings (SSSR count). The Labute approximate surface area is 151 Å². The Morgan fingerprint density at radius 3 is 2.72 bits per heavy atom. The van der Waals surface area contributed by atoms with Gasteiger partial charge in [-0.2, -0.15) is 0 Å². The summed E-state index contributed by atoms with van der Waals surface area (Å²) >= 11 is 1.56. The van der Waals surface area contributed by atoms with Crippen LogP contribution in [0.5, 0.6) is 0 Å². The molecule has 0 radical (unpaired) electrons. The molecule has 134 valence electrons. The van der Waals surface area contributed by atoms with Crippen LogP contribution in [0, 0.1) is 6.92 Å². The van der Waals surface area contributed by atoms with E-state index in [-0.39, 0.29) is 24.6 Å². The van der Waals surface area contributed by atoms with E-state index >= 15 is 0 Å². The molecule has 1 aromatic heterocycles. The van der Waals surface area contributed by atoms with Crippen LogP contribution in [-0.2, 0) is 19.1 Å². The van der Waals surface area contributed by atoms with Gasteiger partial charge >= 0.3 is 11.9 Å². The van der Waals surface area contributed by atoms with Crippen molar-refractivity contribution in [3.05, 3.63) is 44.4 Å². The van der Waals surface area contributed by atoms with Gasteiger partial charge in [-0.25, -0.2) is 9.59 Å². The van der Waals surface area contributed by atoms with E-state index in [9.17, 15) is 9.59 Å². The SMILES string of the molecule is CCN1C(C)=C(C(=O)OC(C)C)C(c2sccc2C)C2=C1COC2=O. The number of hydrogen-bond acceptors (Lipinski definition) is 6. The molecule has 0 spiro atoms. The number of likely N-dealkylation sites (N-methyl/N-ethyl adjacent to an activating group) is 1. The highest BCUT2D eigenvalue weighted by molar-refractivity contribution is 7.10. The van der Waals surface area contributed by atoms with Crippen molar-refractivity contribution in [1.29, 1.82) is 0 Å². The minimum Gasteiger partial charge on any atom is -0.460 e. The number of allylic oxidation sites excluding steroid dienone is 1. The van der Waals surface area contributed by atoms with Gasteiger partial charge in [-0.1, -0.05) is 0 Å². The lowest BCUT2D eigenvalue weighted by Crippen LogP contribution is -2.34. The van der Waals surface area contributed by atoms with Crippen LogP contribution in [0.25, 0.3) is 0 Å². The number of cyclic esters (lactones) is 1. The molecule has 0 fully saturated rings. The van der Waals surface area contributed by atoms with Crippen molar-refractivity contribution in [2.75, 3.05) is 13.2 Å². The number of esters is 2. The largest absolute Gasteiger partial charge is 0.460 e. The maximum Gasteiger partial charge on any atom is 0.337 e. The molecule has 0 saturated heterocycles. The molecule has 1 unspecified atom stereocenters. The Bertz CT molecular complexity index is 787. The van der Waals surface area contributed by atoms with Gasteiger partial charge in [0.1, 0.15) is 6.61 Å². The third kappa shape index (κ3) is 2.88. The van der Waals surface area contributed by atoms with Gasteiger partial charge in [0.25, 0.3) is 0 Å². The van der Waals surface area contributed by atoms with Gasteiger partial charge in [0.05, 0.1) is 28.9 Å². The fourth-order valence-electron chi connectivity index (χ4n) is 3.53. The fraction of sp³-hybridized carbons (Fsp3) is 0.474. The molecule has 5 nitrogen and oxygen atoms in total. The zero-order valence-corrected chi connectivity index (χ0v) is 16.0. The van der Waals surface area contributed by atoms with Gasteiger partial charge in [0.15, 0.2) is 0 Å². The first-order valence-electron chi connectivity index (χ1n) is 8.50. The Balaban J connectivity index is 2.21. The number of carbonyl (C=O) groups excluding carboxylic acids is 2. The van der Waals surface area contributed by atoms with E-state index < -0.39 is 5.92 Å². The van der Waals surface area contributed by atoms with Crippen LogP contribution in [0.3, 0.4) is 0 Å². The van der Waals surface area contributed by atoms with Crippen LogP contribution in [-0.4, -0.2) is 36.1 Å². The van der Waals surface area contributed by atoms with Crippen LogP contribution in [0.1, 0.15) is 44.1 Å². The minimum absolute atomic E-state index is 0.223. The Morgan fingerprint density at radius 2 is 2.16 bits per heavy atom. The molecule has 2 aliphatic heterocycles. The first-order chi connectivity index (χ1) is 11.9. The number of carbonyl (C=O) groups is 2. The Morgan fingerprint density at radius 1 is 1.44 bits per heavy atom. The Hall–Kier alpha value is -2.08. The summed E-state index contributed by atoms with van der Waals surface area (Å²) in [7, 11) is 0. The molecule has 0 bridgehead atoms. The highest BCUT2D eigenvalue weighted by Gasteiger charge is 2.45. The molecule has 2 aliphatic rings. The molecule has 0 aromatic carbocycles. The number of ether oxygens (including phenoxy) is 2. The lowest BCUT2D eigenvalue weighted by Gasteiger charge is -2.35. The predicted octanol–water partition coefficient (Wildman–Crippen LogP) is 3.51. The maximum absolute atomic E-state index is 12.9. The second-order valence-electron chi connectivity index (χ2n) is 6.53. The topological polar surface area (TPSA) is 55.8 Å². The number of aryl methyl sites for hydroxylation is 1. The van der Waals surface area contributed by atoms with Gasteiger partial charge in [0.2, 0.25) is 0 Å². The van der Waals surface area contributed by atoms with Crippen LogP contribution in [0.4, 0.5) is 0 Å². The number of hydrogen-bond donors (Lipinski definition) is 0. The van der Waals surface area contributed by atoms with E-state index in [1.807, 2.05) is 51.0 Å². The van der Waals surface area contributed by atoms with Crippen molar-refractivity contribution >= 4 is 23.3 Å². The third-order valence-electron chi connectivity index (χ3n) is 4.61. The predicted molar refractivity (Wildman–Crippen MR) is 96.1 cm³/mol. The van der Waals surface area contributed by atoms with Crippen LogP contribution in [0.2, 0.25) is 0 Å². The molecule has 6 heteroatoms. The van der Waals surface area contributed by atoms with Gasteiger partial charge in [0, 0.05) is 17.1 Å². The monoisotopic (exact) mass is 361 g/mol. The summed E-state index contributed by atoms with van der Waals surface area (Å²) < 4.78 is 10.8. The number of rotatable bonds is 4. The highest BCUT2D eigenvalue weighted by atomic mass is 32.1. The van der Waals surface area contributed by atoms with Crippen molar-refractivity contribution < 1.29 is 19.1 Å². The molecular formula is C19H23NO4S. The quantitative estimate of drug-likeness (QED) is 0.768. The van der Waals surface area contributed by atoms with Gasteiger partial charge in [-0.15, -0.1) is 11.3 Å². The van der Waals surface area contributed by atoms with Crippen molar-refractivity contribution in [3.63, 3.8) is 0 Å². The third-order valence-corrected chi connectivity index (χ3v) is 5.70. The summed E-state index contributed by atoms with van der Waals surface area (Å²) in [6.45, 7) is 10.5. The van der Waals surface area contributed by atoms with Crippen LogP contribution in [0.15, 0.2) is 34.0 Å². The molecular weight excluding hydrogens is 338 g/mol. The molecule has 0 amide bonds. The standard InChI is InChI=1S/C19H23NO4S/c1-6-20-12(5)14(19(22)24-10(2)3)16(17-11(4)7-8-25-17)15-13(20)9-23-18(15)21/h7-8,10,16H,6,9H2,1-5H3.